The molecule has 1 N–H and O–H groups in total. The summed E-state index contributed by atoms with van der Waals surface area (Å²) in [5.74, 6) is 0.222. The van der Waals surface area contributed by atoms with Gasteiger partial charge in [0.2, 0.25) is 5.91 Å². The maximum atomic E-state index is 11.9. The third-order valence-electron chi connectivity index (χ3n) is 3.26. The molecule has 1 atom stereocenters. The molecule has 0 unspecified atom stereocenters. The molecule has 1 saturated heterocycles. The van der Waals surface area contributed by atoms with Crippen molar-refractivity contribution in [2.24, 2.45) is 5.92 Å². The van der Waals surface area contributed by atoms with E-state index in [0.29, 0.717) is 6.42 Å². The van der Waals surface area contributed by atoms with Crippen LogP contribution in [0.2, 0.25) is 0 Å². The van der Waals surface area contributed by atoms with Crippen molar-refractivity contribution in [1.29, 1.82) is 0 Å². The Labute approximate surface area is 127 Å². The average molecular weight is 393 g/mol. The summed E-state index contributed by atoms with van der Waals surface area (Å²) in [6.07, 6.45) is 0.881. The molecule has 0 radical (unpaired) electrons. The molecule has 104 valence electrons. The zero-order valence-electron chi connectivity index (χ0n) is 10.6. The van der Waals surface area contributed by atoms with Crippen LogP contribution in [-0.4, -0.2) is 25.8 Å². The molecule has 0 spiro atoms. The van der Waals surface area contributed by atoms with Crippen molar-refractivity contribution in [2.45, 2.75) is 19.8 Å². The first-order chi connectivity index (χ1) is 8.85. The van der Waals surface area contributed by atoms with Crippen molar-refractivity contribution in [3.63, 3.8) is 0 Å². The second-order valence-corrected chi connectivity index (χ2v) is 8.45. The van der Waals surface area contributed by atoms with Gasteiger partial charge in [-0.2, -0.15) is 0 Å². The predicted octanol–water partition coefficient (Wildman–Crippen LogP) is 2.36. The number of benzene rings is 1. The molecule has 1 aromatic carbocycles. The minimum atomic E-state index is -2.91. The molecule has 1 aliphatic heterocycles. The van der Waals surface area contributed by atoms with Crippen molar-refractivity contribution in [2.75, 3.05) is 16.8 Å². The Bertz CT molecular complexity index is 598. The highest BCUT2D eigenvalue weighted by molar-refractivity contribution is 14.1. The van der Waals surface area contributed by atoms with E-state index in [1.807, 2.05) is 25.1 Å². The van der Waals surface area contributed by atoms with Gasteiger partial charge in [-0.1, -0.05) is 0 Å². The number of nitrogens with one attached hydrogen (secondary N) is 1. The van der Waals surface area contributed by atoms with Gasteiger partial charge in [0.25, 0.3) is 0 Å². The van der Waals surface area contributed by atoms with E-state index in [4.69, 9.17) is 0 Å². The van der Waals surface area contributed by atoms with Crippen molar-refractivity contribution < 1.29 is 13.2 Å². The lowest BCUT2D eigenvalue weighted by Crippen LogP contribution is -2.18. The Morgan fingerprint density at radius 2 is 2.21 bits per heavy atom. The minimum absolute atomic E-state index is 0.0332. The summed E-state index contributed by atoms with van der Waals surface area (Å²) in [4.78, 5) is 11.9. The van der Waals surface area contributed by atoms with Gasteiger partial charge in [-0.15, -0.1) is 0 Å². The Morgan fingerprint density at radius 1 is 1.47 bits per heavy atom. The van der Waals surface area contributed by atoms with Crippen LogP contribution < -0.4 is 5.32 Å². The molecule has 1 amide bonds. The molecule has 0 aromatic heterocycles. The molecular formula is C13H16INO3S. The van der Waals surface area contributed by atoms with Gasteiger partial charge in [-0.25, -0.2) is 8.42 Å². The lowest BCUT2D eigenvalue weighted by atomic mass is 10.0. The Morgan fingerprint density at radius 3 is 2.79 bits per heavy atom. The van der Waals surface area contributed by atoms with Gasteiger partial charge in [0.1, 0.15) is 0 Å². The number of rotatable bonds is 3. The highest BCUT2D eigenvalue weighted by Crippen LogP contribution is 2.23. The van der Waals surface area contributed by atoms with Crippen molar-refractivity contribution in [3.8, 4) is 0 Å². The van der Waals surface area contributed by atoms with E-state index in [9.17, 15) is 13.2 Å². The largest absolute Gasteiger partial charge is 0.326 e. The number of carbonyl (C=O) groups is 1. The molecule has 0 bridgehead atoms. The standard InChI is InChI=1S/C13H16INO3S/c1-9-6-11(14)2-3-12(9)15-13(16)7-10-4-5-19(17,18)8-10/h2-3,6,10H,4-5,7-8H2,1H3,(H,15,16)/t10-/m0/s1. The number of hydrogen-bond donors (Lipinski definition) is 1. The van der Waals surface area contributed by atoms with Crippen molar-refractivity contribution in [1.82, 2.24) is 0 Å². The number of halogens is 1. The highest BCUT2D eigenvalue weighted by Gasteiger charge is 2.29. The third-order valence-corrected chi connectivity index (χ3v) is 5.77. The molecule has 1 aromatic rings. The van der Waals surface area contributed by atoms with Crippen LogP contribution in [0, 0.1) is 16.4 Å². The number of aryl methyl sites for hydroxylation is 1. The molecule has 1 aliphatic rings. The highest BCUT2D eigenvalue weighted by atomic mass is 127. The normalized spacial score (nSPS) is 21.3. The Hall–Kier alpha value is -0.630. The van der Waals surface area contributed by atoms with Gasteiger partial charge in [0, 0.05) is 15.7 Å². The number of hydrogen-bond acceptors (Lipinski definition) is 3. The average Bonchev–Trinajstić information content (AvgIpc) is 2.62. The quantitative estimate of drug-likeness (QED) is 0.803. The van der Waals surface area contributed by atoms with E-state index >= 15 is 0 Å². The maximum absolute atomic E-state index is 11.9. The molecule has 1 heterocycles. The fourth-order valence-electron chi connectivity index (χ4n) is 2.26. The van der Waals surface area contributed by atoms with Gasteiger partial charge in [-0.05, 0) is 65.6 Å². The summed E-state index contributed by atoms with van der Waals surface area (Å²) in [5, 5.41) is 2.85. The van der Waals surface area contributed by atoms with E-state index in [2.05, 4.69) is 27.9 Å². The topological polar surface area (TPSA) is 63.2 Å². The van der Waals surface area contributed by atoms with E-state index in [0.717, 1.165) is 14.8 Å². The van der Waals surface area contributed by atoms with Gasteiger partial charge < -0.3 is 5.32 Å². The molecule has 1 fully saturated rings. The molecular weight excluding hydrogens is 377 g/mol. The van der Waals surface area contributed by atoms with E-state index in [-0.39, 0.29) is 29.8 Å². The zero-order valence-corrected chi connectivity index (χ0v) is 13.6. The summed E-state index contributed by atoms with van der Waals surface area (Å²) in [7, 11) is -2.91. The summed E-state index contributed by atoms with van der Waals surface area (Å²) in [6, 6.07) is 5.81. The first kappa shape index (κ1) is 14.8. The lowest BCUT2D eigenvalue weighted by molar-refractivity contribution is -0.116. The van der Waals surface area contributed by atoms with Crippen LogP contribution >= 0.6 is 22.6 Å². The minimum Gasteiger partial charge on any atom is -0.326 e. The lowest BCUT2D eigenvalue weighted by Gasteiger charge is -2.11. The monoisotopic (exact) mass is 393 g/mol. The number of sulfone groups is 1. The number of carbonyl (C=O) groups excluding carboxylic acids is 1. The summed E-state index contributed by atoms with van der Waals surface area (Å²) >= 11 is 2.22. The summed E-state index contributed by atoms with van der Waals surface area (Å²) in [5.41, 5.74) is 1.81. The van der Waals surface area contributed by atoms with Crippen molar-refractivity contribution >= 4 is 44.0 Å². The van der Waals surface area contributed by atoms with E-state index < -0.39 is 9.84 Å². The van der Waals surface area contributed by atoms with E-state index in [1.165, 1.54) is 0 Å². The molecule has 0 saturated carbocycles. The van der Waals surface area contributed by atoms with Gasteiger partial charge >= 0.3 is 0 Å². The summed E-state index contributed by atoms with van der Waals surface area (Å²) < 4.78 is 23.8. The number of anilines is 1. The third kappa shape index (κ3) is 4.17. The summed E-state index contributed by atoms with van der Waals surface area (Å²) in [6.45, 7) is 1.94. The van der Waals surface area contributed by atoms with E-state index in [1.54, 1.807) is 0 Å². The zero-order chi connectivity index (χ0) is 14.0. The van der Waals surface area contributed by atoms with Gasteiger partial charge in [-0.3, -0.25) is 4.79 Å². The van der Waals surface area contributed by atoms with Crippen LogP contribution in [0.25, 0.3) is 0 Å². The fourth-order valence-corrected chi connectivity index (χ4v) is 4.77. The number of amides is 1. The van der Waals surface area contributed by atoms with Crippen LogP contribution in [0.5, 0.6) is 0 Å². The van der Waals surface area contributed by atoms with Crippen molar-refractivity contribution in [3.05, 3.63) is 27.3 Å². The molecule has 0 aliphatic carbocycles. The van der Waals surface area contributed by atoms with Crippen LogP contribution in [0.3, 0.4) is 0 Å². The second kappa shape index (κ2) is 5.78. The van der Waals surface area contributed by atoms with Crippen LogP contribution in [0.1, 0.15) is 18.4 Å². The Kier molecular flexibility index (Phi) is 4.50. The smallest absolute Gasteiger partial charge is 0.224 e. The Balaban J connectivity index is 1.95. The predicted molar refractivity (Wildman–Crippen MR) is 83.9 cm³/mol. The van der Waals surface area contributed by atoms with Gasteiger partial charge in [0.15, 0.2) is 9.84 Å². The molecule has 19 heavy (non-hydrogen) atoms. The molecule has 2 rings (SSSR count). The SMILES string of the molecule is Cc1cc(I)ccc1NC(=O)C[C@@H]1CCS(=O)(=O)C1. The maximum Gasteiger partial charge on any atom is 0.224 e. The molecule has 4 nitrogen and oxygen atoms in total. The second-order valence-electron chi connectivity index (χ2n) is 4.98. The van der Waals surface area contributed by atoms with Crippen LogP contribution in [-0.2, 0) is 14.6 Å². The van der Waals surface area contributed by atoms with Crippen LogP contribution in [0.15, 0.2) is 18.2 Å². The first-order valence-electron chi connectivity index (χ1n) is 6.12. The molecule has 6 heteroatoms. The first-order valence-corrected chi connectivity index (χ1v) is 9.02. The van der Waals surface area contributed by atoms with Gasteiger partial charge in [0.05, 0.1) is 11.5 Å². The van der Waals surface area contributed by atoms with Crippen LogP contribution in [0.4, 0.5) is 5.69 Å². The fraction of sp³-hybridized carbons (Fsp3) is 0.462.